The van der Waals surface area contributed by atoms with Crippen LogP contribution in [0.2, 0.25) is 0 Å². The maximum atomic E-state index is 10.4. The van der Waals surface area contributed by atoms with E-state index in [1.165, 1.54) is 0 Å². The third-order valence-corrected chi connectivity index (χ3v) is 1.43. The molecule has 0 aromatic heterocycles. The molecule has 0 aromatic carbocycles. The lowest BCUT2D eigenvalue weighted by molar-refractivity contribution is -0.145. The second kappa shape index (κ2) is 1.72. The van der Waals surface area contributed by atoms with Gasteiger partial charge < -0.3 is 10.5 Å². The predicted molar refractivity (Wildman–Crippen MR) is 28.3 cm³/mol. The molecule has 1 amide bonds. The molecule has 0 radical (unpaired) electrons. The first-order chi connectivity index (χ1) is 4.21. The largest absolute Gasteiger partial charge is 0.451 e. The van der Waals surface area contributed by atoms with Gasteiger partial charge >= 0.3 is 0 Å². The van der Waals surface area contributed by atoms with Crippen molar-refractivity contribution in [2.24, 2.45) is 5.73 Å². The van der Waals surface area contributed by atoms with Gasteiger partial charge in [0.1, 0.15) is 0 Å². The zero-order valence-corrected chi connectivity index (χ0v) is 4.79. The van der Waals surface area contributed by atoms with Gasteiger partial charge in [0, 0.05) is 12.8 Å². The zero-order valence-electron chi connectivity index (χ0n) is 4.79. The van der Waals surface area contributed by atoms with Crippen molar-refractivity contribution in [3.8, 4) is 0 Å². The molecule has 0 aromatic rings. The first-order valence-electron chi connectivity index (χ1n) is 2.63. The van der Waals surface area contributed by atoms with Crippen molar-refractivity contribution in [3.05, 3.63) is 0 Å². The first kappa shape index (κ1) is 6.07. The van der Waals surface area contributed by atoms with Crippen LogP contribution in [0.25, 0.3) is 0 Å². The molecule has 1 aliphatic rings. The number of rotatable bonds is 3. The predicted octanol–water partition coefficient (Wildman–Crippen LogP) is -0.823. The highest BCUT2D eigenvalue weighted by Crippen LogP contribution is 2.38. The average molecular weight is 129 g/mol. The Balaban J connectivity index is 2.52. The summed E-state index contributed by atoms with van der Waals surface area (Å²) in [6.07, 6.45) is 1.14. The quantitative estimate of drug-likeness (QED) is 0.506. The van der Waals surface area contributed by atoms with E-state index in [9.17, 15) is 9.59 Å². The summed E-state index contributed by atoms with van der Waals surface area (Å²) >= 11 is 0. The second-order valence-electron chi connectivity index (χ2n) is 2.07. The lowest BCUT2D eigenvalue weighted by Crippen LogP contribution is -2.32. The van der Waals surface area contributed by atoms with Crippen LogP contribution in [-0.2, 0) is 14.3 Å². The minimum absolute atomic E-state index is 0.262. The van der Waals surface area contributed by atoms with Gasteiger partial charge in [-0.05, 0) is 0 Å². The Kier molecular flexibility index (Phi) is 1.16. The second-order valence-corrected chi connectivity index (χ2v) is 2.07. The number of ether oxygens (including phenoxy) is 1. The van der Waals surface area contributed by atoms with Crippen LogP contribution in [0.3, 0.4) is 0 Å². The summed E-state index contributed by atoms with van der Waals surface area (Å²) in [6, 6.07) is 0. The molecule has 0 bridgehead atoms. The van der Waals surface area contributed by atoms with Crippen LogP contribution in [0.4, 0.5) is 0 Å². The molecule has 1 rings (SSSR count). The van der Waals surface area contributed by atoms with E-state index in [-0.39, 0.29) is 6.47 Å². The van der Waals surface area contributed by atoms with Crippen molar-refractivity contribution in [1.29, 1.82) is 0 Å². The van der Waals surface area contributed by atoms with Crippen LogP contribution in [0.15, 0.2) is 0 Å². The van der Waals surface area contributed by atoms with Crippen LogP contribution >= 0.6 is 0 Å². The summed E-state index contributed by atoms with van der Waals surface area (Å²) in [5, 5.41) is 0. The maximum Gasteiger partial charge on any atom is 0.294 e. The molecule has 1 saturated carbocycles. The molecule has 9 heavy (non-hydrogen) atoms. The molecule has 0 unspecified atom stereocenters. The van der Waals surface area contributed by atoms with Gasteiger partial charge in [0.25, 0.3) is 12.4 Å². The summed E-state index contributed by atoms with van der Waals surface area (Å²) in [4.78, 5) is 20.1. The summed E-state index contributed by atoms with van der Waals surface area (Å²) < 4.78 is 4.45. The Morgan fingerprint density at radius 2 is 2.22 bits per heavy atom. The lowest BCUT2D eigenvalue weighted by atomic mass is 10.3. The van der Waals surface area contributed by atoms with Gasteiger partial charge in [-0.1, -0.05) is 0 Å². The van der Waals surface area contributed by atoms with E-state index in [0.29, 0.717) is 12.8 Å². The van der Waals surface area contributed by atoms with E-state index in [1.807, 2.05) is 0 Å². The molecule has 2 N–H and O–H groups in total. The van der Waals surface area contributed by atoms with Gasteiger partial charge in [0.2, 0.25) is 0 Å². The fourth-order valence-corrected chi connectivity index (χ4v) is 0.628. The summed E-state index contributed by atoms with van der Waals surface area (Å²) in [6.45, 7) is 0.262. The Morgan fingerprint density at radius 3 is 2.33 bits per heavy atom. The number of hydrogen-bond donors (Lipinski definition) is 1. The number of hydrogen-bond acceptors (Lipinski definition) is 3. The lowest BCUT2D eigenvalue weighted by Gasteiger charge is -2.05. The van der Waals surface area contributed by atoms with Gasteiger partial charge in [0.05, 0.1) is 0 Å². The normalized spacial score (nSPS) is 20.4. The number of carbonyl (C=O) groups is 2. The smallest absolute Gasteiger partial charge is 0.294 e. The highest BCUT2D eigenvalue weighted by molar-refractivity contribution is 5.87. The van der Waals surface area contributed by atoms with E-state index >= 15 is 0 Å². The summed E-state index contributed by atoms with van der Waals surface area (Å²) in [5.74, 6) is -0.547. The minimum atomic E-state index is -0.929. The van der Waals surface area contributed by atoms with Crippen LogP contribution in [0, 0.1) is 0 Å². The van der Waals surface area contributed by atoms with Gasteiger partial charge in [-0.15, -0.1) is 0 Å². The van der Waals surface area contributed by atoms with E-state index in [0.717, 1.165) is 0 Å². The number of amides is 1. The van der Waals surface area contributed by atoms with Crippen molar-refractivity contribution < 1.29 is 14.3 Å². The Morgan fingerprint density at radius 1 is 1.67 bits per heavy atom. The third kappa shape index (κ3) is 0.872. The van der Waals surface area contributed by atoms with E-state index < -0.39 is 11.5 Å². The SMILES string of the molecule is NC(=O)C1(OC=O)CC1. The van der Waals surface area contributed by atoms with Crippen molar-refractivity contribution in [1.82, 2.24) is 0 Å². The van der Waals surface area contributed by atoms with Gasteiger partial charge in [-0.3, -0.25) is 9.59 Å². The highest BCUT2D eigenvalue weighted by Gasteiger charge is 2.51. The van der Waals surface area contributed by atoms with Crippen molar-refractivity contribution in [3.63, 3.8) is 0 Å². The molecule has 4 nitrogen and oxygen atoms in total. The average Bonchev–Trinajstić information content (AvgIpc) is 2.49. The molecule has 1 aliphatic carbocycles. The number of carbonyl (C=O) groups excluding carboxylic acids is 2. The minimum Gasteiger partial charge on any atom is -0.451 e. The monoisotopic (exact) mass is 129 g/mol. The van der Waals surface area contributed by atoms with E-state index in [4.69, 9.17) is 5.73 Å². The fraction of sp³-hybridized carbons (Fsp3) is 0.600. The molecule has 4 heteroatoms. The highest BCUT2D eigenvalue weighted by atomic mass is 16.5. The summed E-state index contributed by atoms with van der Waals surface area (Å²) in [7, 11) is 0. The molecule has 50 valence electrons. The molecule has 0 saturated heterocycles. The molecule has 0 spiro atoms. The molecule has 0 aliphatic heterocycles. The molecule has 0 atom stereocenters. The topological polar surface area (TPSA) is 69.4 Å². The Hall–Kier alpha value is -1.06. The van der Waals surface area contributed by atoms with Crippen LogP contribution in [0.1, 0.15) is 12.8 Å². The van der Waals surface area contributed by atoms with E-state index in [1.54, 1.807) is 0 Å². The number of nitrogens with two attached hydrogens (primary N) is 1. The van der Waals surface area contributed by atoms with Crippen molar-refractivity contribution in [2.45, 2.75) is 18.4 Å². The fourth-order valence-electron chi connectivity index (χ4n) is 0.628. The van der Waals surface area contributed by atoms with Gasteiger partial charge in [-0.2, -0.15) is 0 Å². The number of primary amides is 1. The van der Waals surface area contributed by atoms with E-state index in [2.05, 4.69) is 4.74 Å². The Bertz CT molecular complexity index is 150. The standard InChI is InChI=1S/C5H7NO3/c6-4(8)5(1-2-5)9-3-7/h3H,1-2H2,(H2,6,8). The van der Waals surface area contributed by atoms with Crippen LogP contribution in [-0.4, -0.2) is 18.0 Å². The Labute approximate surface area is 52.0 Å². The molecule has 1 fully saturated rings. The molecular formula is C5H7NO3. The van der Waals surface area contributed by atoms with Crippen LogP contribution < -0.4 is 5.73 Å². The molecular weight excluding hydrogens is 122 g/mol. The first-order valence-corrected chi connectivity index (χ1v) is 2.63. The third-order valence-electron chi connectivity index (χ3n) is 1.43. The summed E-state index contributed by atoms with van der Waals surface area (Å²) in [5.41, 5.74) is 3.97. The van der Waals surface area contributed by atoms with Gasteiger partial charge in [0.15, 0.2) is 5.60 Å². The van der Waals surface area contributed by atoms with Crippen molar-refractivity contribution in [2.75, 3.05) is 0 Å². The maximum absolute atomic E-state index is 10.4. The van der Waals surface area contributed by atoms with Crippen LogP contribution in [0.5, 0.6) is 0 Å². The molecule has 0 heterocycles. The van der Waals surface area contributed by atoms with Gasteiger partial charge in [-0.25, -0.2) is 0 Å². The zero-order chi connectivity index (χ0) is 6.91. The van der Waals surface area contributed by atoms with Crippen molar-refractivity contribution >= 4 is 12.4 Å².